The van der Waals surface area contributed by atoms with Crippen molar-refractivity contribution in [1.82, 2.24) is 10.6 Å². The molecule has 112 valence electrons. The maximum atomic E-state index is 12.2. The predicted molar refractivity (Wildman–Crippen MR) is 93.5 cm³/mol. The lowest BCUT2D eigenvalue weighted by atomic mass is 9.77. The molecule has 0 saturated carbocycles. The molecule has 1 saturated heterocycles. The van der Waals surface area contributed by atoms with E-state index >= 15 is 0 Å². The van der Waals surface area contributed by atoms with Crippen LogP contribution in [0.5, 0.6) is 0 Å². The molecule has 1 heterocycles. The summed E-state index contributed by atoms with van der Waals surface area (Å²) in [6.45, 7) is 6.27. The Balaban J connectivity index is 0.00000200. The van der Waals surface area contributed by atoms with Crippen LogP contribution < -0.4 is 10.6 Å². The molecule has 1 fully saturated rings. The molecular formula is C15H22ClIN2O. The molecule has 5 heteroatoms. The first-order valence-corrected chi connectivity index (χ1v) is 7.85. The fourth-order valence-electron chi connectivity index (χ4n) is 2.55. The van der Waals surface area contributed by atoms with E-state index in [0.29, 0.717) is 12.6 Å². The third-order valence-electron chi connectivity index (χ3n) is 3.92. The minimum absolute atomic E-state index is 0. The summed E-state index contributed by atoms with van der Waals surface area (Å²) >= 11 is 2.20. The standard InChI is InChI=1S/C15H21IN2O.ClH/c1-15(2)8-5-9-17-13(15)10-18-14(19)11-6-3-4-7-12(11)16;/h3-4,6-7,13,17H,5,8-10H2,1-2H3,(H,18,19);1H. The summed E-state index contributed by atoms with van der Waals surface area (Å²) in [6, 6.07) is 8.03. The van der Waals surface area contributed by atoms with Crippen molar-refractivity contribution in [3.63, 3.8) is 0 Å². The minimum Gasteiger partial charge on any atom is -0.350 e. The molecule has 1 amide bonds. The number of hydrogen-bond acceptors (Lipinski definition) is 2. The van der Waals surface area contributed by atoms with Crippen LogP contribution in [-0.2, 0) is 0 Å². The Bertz CT molecular complexity index is 465. The number of halogens is 2. The number of benzene rings is 1. The molecule has 1 aromatic carbocycles. The molecule has 0 aliphatic carbocycles. The van der Waals surface area contributed by atoms with Gasteiger partial charge in [-0.1, -0.05) is 26.0 Å². The van der Waals surface area contributed by atoms with E-state index in [2.05, 4.69) is 47.1 Å². The molecule has 0 aromatic heterocycles. The highest BCUT2D eigenvalue weighted by Crippen LogP contribution is 2.29. The zero-order chi connectivity index (χ0) is 13.9. The van der Waals surface area contributed by atoms with Crippen molar-refractivity contribution >= 4 is 40.9 Å². The van der Waals surface area contributed by atoms with Crippen LogP contribution in [0, 0.1) is 8.99 Å². The monoisotopic (exact) mass is 408 g/mol. The molecule has 2 rings (SSSR count). The zero-order valence-corrected chi connectivity index (χ0v) is 14.9. The quantitative estimate of drug-likeness (QED) is 0.754. The number of carbonyl (C=O) groups is 1. The van der Waals surface area contributed by atoms with E-state index in [1.165, 1.54) is 12.8 Å². The van der Waals surface area contributed by atoms with Gasteiger partial charge in [0.2, 0.25) is 0 Å². The largest absolute Gasteiger partial charge is 0.350 e. The first-order chi connectivity index (χ1) is 9.00. The van der Waals surface area contributed by atoms with Crippen LogP contribution >= 0.6 is 35.0 Å². The van der Waals surface area contributed by atoms with Crippen molar-refractivity contribution in [3.05, 3.63) is 33.4 Å². The van der Waals surface area contributed by atoms with Crippen LogP contribution in [0.25, 0.3) is 0 Å². The van der Waals surface area contributed by atoms with Crippen molar-refractivity contribution < 1.29 is 4.79 Å². The first kappa shape index (κ1) is 17.7. The van der Waals surface area contributed by atoms with Crippen LogP contribution in [0.3, 0.4) is 0 Å². The predicted octanol–water partition coefficient (Wildman–Crippen LogP) is 3.22. The molecule has 0 radical (unpaired) electrons. The van der Waals surface area contributed by atoms with E-state index in [1.807, 2.05) is 24.3 Å². The Kier molecular flexibility index (Phi) is 6.75. The summed E-state index contributed by atoms with van der Waals surface area (Å²) in [6.07, 6.45) is 2.43. The molecule has 1 atom stereocenters. The van der Waals surface area contributed by atoms with Crippen molar-refractivity contribution in [2.75, 3.05) is 13.1 Å². The molecule has 3 nitrogen and oxygen atoms in total. The molecule has 1 aliphatic heterocycles. The third kappa shape index (κ3) is 4.33. The Morgan fingerprint density at radius 1 is 1.45 bits per heavy atom. The fraction of sp³-hybridized carbons (Fsp3) is 0.533. The summed E-state index contributed by atoms with van der Waals surface area (Å²) in [5.74, 6) is 0.0215. The van der Waals surface area contributed by atoms with Gasteiger partial charge in [0.15, 0.2) is 0 Å². The number of piperidine rings is 1. The number of rotatable bonds is 3. The molecule has 20 heavy (non-hydrogen) atoms. The molecule has 1 aromatic rings. The second-order valence-electron chi connectivity index (χ2n) is 5.79. The highest BCUT2D eigenvalue weighted by atomic mass is 127. The maximum absolute atomic E-state index is 12.2. The second-order valence-corrected chi connectivity index (χ2v) is 6.95. The van der Waals surface area contributed by atoms with Gasteiger partial charge in [0.1, 0.15) is 0 Å². The van der Waals surface area contributed by atoms with Crippen molar-refractivity contribution in [1.29, 1.82) is 0 Å². The lowest BCUT2D eigenvalue weighted by molar-refractivity contribution is 0.0928. The van der Waals surface area contributed by atoms with Crippen LogP contribution in [0.1, 0.15) is 37.0 Å². The number of carbonyl (C=O) groups excluding carboxylic acids is 1. The topological polar surface area (TPSA) is 41.1 Å². The highest BCUT2D eigenvalue weighted by molar-refractivity contribution is 14.1. The first-order valence-electron chi connectivity index (χ1n) is 6.77. The van der Waals surface area contributed by atoms with Gasteiger partial charge >= 0.3 is 0 Å². The molecule has 1 aliphatic rings. The Morgan fingerprint density at radius 3 is 2.80 bits per heavy atom. The fourth-order valence-corrected chi connectivity index (χ4v) is 3.19. The average Bonchev–Trinajstić information content (AvgIpc) is 2.37. The van der Waals surface area contributed by atoms with E-state index < -0.39 is 0 Å². The molecular weight excluding hydrogens is 387 g/mol. The van der Waals surface area contributed by atoms with Crippen LogP contribution in [-0.4, -0.2) is 25.0 Å². The van der Waals surface area contributed by atoms with Crippen LogP contribution in [0.15, 0.2) is 24.3 Å². The van der Waals surface area contributed by atoms with E-state index in [1.54, 1.807) is 0 Å². The summed E-state index contributed by atoms with van der Waals surface area (Å²) in [7, 11) is 0. The molecule has 0 spiro atoms. The maximum Gasteiger partial charge on any atom is 0.252 e. The number of nitrogens with one attached hydrogen (secondary N) is 2. The summed E-state index contributed by atoms with van der Waals surface area (Å²) < 4.78 is 0.994. The van der Waals surface area contributed by atoms with Gasteiger partial charge in [0.05, 0.1) is 5.56 Å². The molecule has 1 unspecified atom stereocenters. The normalized spacial score (nSPS) is 20.9. The van der Waals surface area contributed by atoms with E-state index in [-0.39, 0.29) is 23.7 Å². The van der Waals surface area contributed by atoms with Gasteiger partial charge in [0, 0.05) is 16.2 Å². The number of amides is 1. The van der Waals surface area contributed by atoms with Gasteiger partial charge in [-0.05, 0) is 59.5 Å². The average molecular weight is 409 g/mol. The summed E-state index contributed by atoms with van der Waals surface area (Å²) in [5, 5.41) is 6.57. The lowest BCUT2D eigenvalue weighted by Gasteiger charge is -2.39. The van der Waals surface area contributed by atoms with Gasteiger partial charge in [-0.15, -0.1) is 12.4 Å². The van der Waals surface area contributed by atoms with Crippen LogP contribution in [0.4, 0.5) is 0 Å². The van der Waals surface area contributed by atoms with Gasteiger partial charge in [-0.25, -0.2) is 0 Å². The zero-order valence-electron chi connectivity index (χ0n) is 11.9. The Hall–Kier alpha value is -0.330. The Labute approximate surface area is 140 Å². The minimum atomic E-state index is 0. The van der Waals surface area contributed by atoms with Gasteiger partial charge < -0.3 is 10.6 Å². The second kappa shape index (κ2) is 7.61. The summed E-state index contributed by atoms with van der Waals surface area (Å²) in [5.41, 5.74) is 1.01. The molecule has 0 bridgehead atoms. The number of hydrogen-bond donors (Lipinski definition) is 2. The van der Waals surface area contributed by atoms with E-state index in [9.17, 15) is 4.79 Å². The molecule has 2 N–H and O–H groups in total. The van der Waals surface area contributed by atoms with Crippen LogP contribution in [0.2, 0.25) is 0 Å². The Morgan fingerprint density at radius 2 is 2.15 bits per heavy atom. The lowest BCUT2D eigenvalue weighted by Crippen LogP contribution is -2.52. The summed E-state index contributed by atoms with van der Waals surface area (Å²) in [4.78, 5) is 12.2. The van der Waals surface area contributed by atoms with Crippen molar-refractivity contribution in [3.8, 4) is 0 Å². The smallest absolute Gasteiger partial charge is 0.252 e. The van der Waals surface area contributed by atoms with Crippen molar-refractivity contribution in [2.45, 2.75) is 32.7 Å². The van der Waals surface area contributed by atoms with Gasteiger partial charge in [-0.2, -0.15) is 0 Å². The highest BCUT2D eigenvalue weighted by Gasteiger charge is 2.32. The SMILES string of the molecule is CC1(C)CCCNC1CNC(=O)c1ccccc1I.Cl. The van der Waals surface area contributed by atoms with E-state index in [4.69, 9.17) is 0 Å². The third-order valence-corrected chi connectivity index (χ3v) is 4.86. The van der Waals surface area contributed by atoms with E-state index in [0.717, 1.165) is 15.7 Å². The van der Waals surface area contributed by atoms with Gasteiger partial charge in [-0.3, -0.25) is 4.79 Å². The van der Waals surface area contributed by atoms with Crippen molar-refractivity contribution in [2.24, 2.45) is 5.41 Å². The van der Waals surface area contributed by atoms with Gasteiger partial charge in [0.25, 0.3) is 5.91 Å².